The van der Waals surface area contributed by atoms with Gasteiger partial charge in [-0.15, -0.1) is 0 Å². The third-order valence-corrected chi connectivity index (χ3v) is 5.37. The van der Waals surface area contributed by atoms with Crippen molar-refractivity contribution in [3.63, 3.8) is 0 Å². The van der Waals surface area contributed by atoms with Gasteiger partial charge in [0.15, 0.2) is 23.3 Å². The van der Waals surface area contributed by atoms with Gasteiger partial charge in [-0.2, -0.15) is 5.26 Å². The molecule has 0 aliphatic heterocycles. The number of pyridine rings is 2. The molecule has 0 spiro atoms. The van der Waals surface area contributed by atoms with E-state index in [-0.39, 0.29) is 46.8 Å². The molecule has 0 radical (unpaired) electrons. The second-order valence-electron chi connectivity index (χ2n) is 9.34. The lowest BCUT2D eigenvalue weighted by Crippen LogP contribution is -2.49. The summed E-state index contributed by atoms with van der Waals surface area (Å²) in [6.45, 7) is 7.25. The van der Waals surface area contributed by atoms with Gasteiger partial charge in [-0.1, -0.05) is 6.92 Å². The van der Waals surface area contributed by atoms with E-state index >= 15 is 0 Å². The zero-order valence-corrected chi connectivity index (χ0v) is 20.4. The first kappa shape index (κ1) is 25.9. The van der Waals surface area contributed by atoms with Crippen LogP contribution in [0.2, 0.25) is 0 Å². The second kappa shape index (κ2) is 10.7. The molecule has 2 heterocycles. The van der Waals surface area contributed by atoms with Gasteiger partial charge in [-0.3, -0.25) is 0 Å². The molecule has 3 rings (SSSR count). The Bertz CT molecular complexity index is 1110. The molecule has 1 aliphatic carbocycles. The van der Waals surface area contributed by atoms with Gasteiger partial charge in [0.1, 0.15) is 11.7 Å². The molecule has 2 aromatic heterocycles. The van der Waals surface area contributed by atoms with Crippen LogP contribution in [0.15, 0.2) is 18.3 Å². The molecule has 1 aliphatic rings. The number of methoxy groups -OCH3 is 1. The van der Waals surface area contributed by atoms with Crippen molar-refractivity contribution in [1.29, 1.82) is 5.26 Å². The molecule has 0 bridgehead atoms. The topological polar surface area (TPSA) is 121 Å². The van der Waals surface area contributed by atoms with E-state index in [2.05, 4.69) is 25.9 Å². The molecule has 1 amide bonds. The van der Waals surface area contributed by atoms with Gasteiger partial charge in [0.2, 0.25) is 5.88 Å². The number of amides is 1. The highest BCUT2D eigenvalue weighted by Crippen LogP contribution is 2.37. The van der Waals surface area contributed by atoms with E-state index in [1.54, 1.807) is 20.8 Å². The van der Waals surface area contributed by atoms with Crippen LogP contribution in [0.3, 0.4) is 0 Å². The quantitative estimate of drug-likeness (QED) is 0.457. The van der Waals surface area contributed by atoms with Crippen LogP contribution in [-0.4, -0.2) is 40.9 Å². The van der Waals surface area contributed by atoms with Crippen LogP contribution in [0.1, 0.15) is 52.5 Å². The van der Waals surface area contributed by atoms with Crippen LogP contribution in [0.25, 0.3) is 0 Å². The molecule has 1 fully saturated rings. The number of alkyl carbamates (subject to hydrolysis) is 1. The van der Waals surface area contributed by atoms with Crippen LogP contribution >= 0.6 is 0 Å². The lowest BCUT2D eigenvalue weighted by atomic mass is 10.0. The van der Waals surface area contributed by atoms with E-state index in [4.69, 9.17) is 9.47 Å². The average molecular weight is 489 g/mol. The maximum Gasteiger partial charge on any atom is 0.407 e. The number of halogens is 2. The number of nitriles is 1. The van der Waals surface area contributed by atoms with Crippen molar-refractivity contribution in [2.75, 3.05) is 17.7 Å². The van der Waals surface area contributed by atoms with Crippen LogP contribution in [0, 0.1) is 28.9 Å². The van der Waals surface area contributed by atoms with E-state index in [9.17, 15) is 18.8 Å². The van der Waals surface area contributed by atoms with Crippen molar-refractivity contribution in [1.82, 2.24) is 15.3 Å². The first-order valence-electron chi connectivity index (χ1n) is 11.4. The summed E-state index contributed by atoms with van der Waals surface area (Å²) in [5.74, 6) is -1.45. The summed E-state index contributed by atoms with van der Waals surface area (Å²) in [6.07, 6.45) is 3.18. The summed E-state index contributed by atoms with van der Waals surface area (Å²) in [5.41, 5.74) is -0.505. The summed E-state index contributed by atoms with van der Waals surface area (Å²) >= 11 is 0. The van der Waals surface area contributed by atoms with Crippen molar-refractivity contribution >= 4 is 23.4 Å². The van der Waals surface area contributed by atoms with E-state index in [1.165, 1.54) is 13.3 Å². The number of carbonyl (C=O) groups excluding carboxylic acids is 1. The Morgan fingerprint density at radius 2 is 1.97 bits per heavy atom. The predicted octanol–water partition coefficient (Wildman–Crippen LogP) is 4.87. The smallest absolute Gasteiger partial charge is 0.407 e. The number of nitrogens with zero attached hydrogens (tertiary/aromatic N) is 3. The predicted molar refractivity (Wildman–Crippen MR) is 127 cm³/mol. The fourth-order valence-corrected chi connectivity index (χ4v) is 3.62. The number of rotatable bonds is 9. The number of hydrogen-bond acceptors (Lipinski definition) is 8. The minimum Gasteiger partial charge on any atom is -0.479 e. The van der Waals surface area contributed by atoms with Crippen molar-refractivity contribution in [2.45, 2.75) is 64.6 Å². The Labute approximate surface area is 203 Å². The molecule has 188 valence electrons. The zero-order chi connectivity index (χ0) is 25.8. The largest absolute Gasteiger partial charge is 0.479 e. The number of nitrogens with one attached hydrogen (secondary N) is 3. The Morgan fingerprint density at radius 1 is 1.26 bits per heavy atom. The molecule has 3 N–H and O–H groups in total. The minimum absolute atomic E-state index is 0.0328. The summed E-state index contributed by atoms with van der Waals surface area (Å²) in [6, 6.07) is 3.42. The van der Waals surface area contributed by atoms with Gasteiger partial charge in [0.05, 0.1) is 36.6 Å². The summed E-state index contributed by atoms with van der Waals surface area (Å²) in [4.78, 5) is 20.5. The van der Waals surface area contributed by atoms with Gasteiger partial charge in [-0.05, 0) is 52.0 Å². The fraction of sp³-hybridized carbons (Fsp3) is 0.500. The lowest BCUT2D eigenvalue weighted by Gasteiger charge is -2.30. The van der Waals surface area contributed by atoms with Crippen LogP contribution in [0.4, 0.5) is 30.9 Å². The van der Waals surface area contributed by atoms with Gasteiger partial charge >= 0.3 is 6.09 Å². The Hall–Kier alpha value is -3.68. The molecular formula is C24H30F2N6O3. The Kier molecular flexibility index (Phi) is 7.94. The minimum atomic E-state index is -0.719. The molecular weight excluding hydrogens is 458 g/mol. The maximum atomic E-state index is 14.9. The maximum absolute atomic E-state index is 14.9. The highest BCUT2D eigenvalue weighted by atomic mass is 19.1. The highest BCUT2D eigenvalue weighted by molar-refractivity contribution is 5.68. The zero-order valence-electron chi connectivity index (χ0n) is 20.4. The first-order valence-corrected chi connectivity index (χ1v) is 11.4. The van der Waals surface area contributed by atoms with Crippen molar-refractivity contribution in [3.05, 3.63) is 35.5 Å². The van der Waals surface area contributed by atoms with Crippen LogP contribution in [-0.2, 0) is 4.74 Å². The molecule has 0 aromatic carbocycles. The molecule has 0 saturated heterocycles. The molecule has 2 atom stereocenters. The van der Waals surface area contributed by atoms with Crippen molar-refractivity contribution in [2.24, 2.45) is 5.92 Å². The Morgan fingerprint density at radius 3 is 2.51 bits per heavy atom. The molecule has 11 heteroatoms. The Balaban J connectivity index is 1.85. The number of ether oxygens (including phenoxy) is 2. The summed E-state index contributed by atoms with van der Waals surface area (Å²) < 4.78 is 39.1. The van der Waals surface area contributed by atoms with E-state index < -0.39 is 23.3 Å². The standard InChI is InChI=1S/C24H30F2N6O3/c1-6-18(30-23(33)35-24(2,3)4)19(13-7-8-13)31-21-16(25)9-14(11-27)20(32-21)29-15-10-17(26)22(34-5)28-12-15/h9-10,12-13,18-19H,6-8H2,1-5H3,(H,30,33)(H2,29,31,32)/t18-,19+/m0/s1. The molecule has 35 heavy (non-hydrogen) atoms. The normalized spacial score (nSPS) is 14.9. The molecule has 1 saturated carbocycles. The summed E-state index contributed by atoms with van der Waals surface area (Å²) in [7, 11) is 1.29. The molecule has 2 aromatic rings. The number of hydrogen-bond donors (Lipinski definition) is 3. The number of carbonyl (C=O) groups is 1. The summed E-state index contributed by atoms with van der Waals surface area (Å²) in [5, 5.41) is 18.3. The monoisotopic (exact) mass is 488 g/mol. The van der Waals surface area contributed by atoms with Crippen LogP contribution in [0.5, 0.6) is 5.88 Å². The average Bonchev–Trinajstić information content (AvgIpc) is 3.62. The highest BCUT2D eigenvalue weighted by Gasteiger charge is 2.38. The third kappa shape index (κ3) is 6.91. The van der Waals surface area contributed by atoms with Gasteiger partial charge in [0.25, 0.3) is 0 Å². The van der Waals surface area contributed by atoms with E-state index in [1.807, 2.05) is 13.0 Å². The van der Waals surface area contributed by atoms with Crippen LogP contribution < -0.4 is 20.7 Å². The van der Waals surface area contributed by atoms with Crippen molar-refractivity contribution in [3.8, 4) is 11.9 Å². The molecule has 9 nitrogen and oxygen atoms in total. The first-order chi connectivity index (χ1) is 16.5. The van der Waals surface area contributed by atoms with Gasteiger partial charge in [-0.25, -0.2) is 23.5 Å². The fourth-order valence-electron chi connectivity index (χ4n) is 3.62. The lowest BCUT2D eigenvalue weighted by molar-refractivity contribution is 0.0495. The molecule has 0 unspecified atom stereocenters. The SMILES string of the molecule is CC[C@H](NC(=O)OC(C)(C)C)[C@H](Nc1nc(Nc2cnc(OC)c(F)c2)c(C#N)cc1F)C1CC1. The third-order valence-electron chi connectivity index (χ3n) is 5.37. The van der Waals surface area contributed by atoms with Crippen molar-refractivity contribution < 1.29 is 23.0 Å². The second-order valence-corrected chi connectivity index (χ2v) is 9.34. The van der Waals surface area contributed by atoms with E-state index in [0.717, 1.165) is 25.0 Å². The number of anilines is 3. The van der Waals surface area contributed by atoms with E-state index in [0.29, 0.717) is 6.42 Å². The van der Waals surface area contributed by atoms with Gasteiger partial charge < -0.3 is 25.4 Å². The number of aromatic nitrogens is 2. The van der Waals surface area contributed by atoms with Gasteiger partial charge in [0, 0.05) is 6.07 Å².